The smallest absolute Gasteiger partial charge is 0.303 e. The van der Waals surface area contributed by atoms with Crippen molar-refractivity contribution in [2.24, 2.45) is 0 Å². The number of aliphatic hydroxyl groups is 1. The molecule has 0 aromatic heterocycles. The van der Waals surface area contributed by atoms with Crippen molar-refractivity contribution in [1.82, 2.24) is 4.90 Å². The average molecular weight is 424 g/mol. The maximum absolute atomic E-state index is 12.8. The molecule has 1 heterocycles. The second kappa shape index (κ2) is 8.78. The van der Waals surface area contributed by atoms with E-state index >= 15 is 0 Å². The van der Waals surface area contributed by atoms with Gasteiger partial charge < -0.3 is 15.1 Å². The third kappa shape index (κ3) is 4.45. The molecule has 2 aromatic carbocycles. The van der Waals surface area contributed by atoms with Crippen LogP contribution in [-0.4, -0.2) is 44.2 Å². The molecule has 1 atom stereocenters. The summed E-state index contributed by atoms with van der Waals surface area (Å²) in [4.78, 5) is 48.2. The third-order valence-corrected chi connectivity index (χ3v) is 5.05. The van der Waals surface area contributed by atoms with Crippen LogP contribution in [-0.2, 0) is 14.4 Å². The van der Waals surface area contributed by atoms with Gasteiger partial charge in [0.25, 0.3) is 17.4 Å². The molecule has 0 bridgehead atoms. The van der Waals surface area contributed by atoms with E-state index in [0.29, 0.717) is 5.56 Å². The van der Waals surface area contributed by atoms with Crippen molar-refractivity contribution in [2.75, 3.05) is 6.54 Å². The predicted octanol–water partition coefficient (Wildman–Crippen LogP) is 3.19. The van der Waals surface area contributed by atoms with Gasteiger partial charge in [-0.15, -0.1) is 0 Å². The third-order valence-electron chi connectivity index (χ3n) is 5.05. The first kappa shape index (κ1) is 21.7. The van der Waals surface area contributed by atoms with Crippen LogP contribution in [0, 0.1) is 17.0 Å². The number of nitro groups is 1. The van der Waals surface area contributed by atoms with Crippen molar-refractivity contribution in [3.05, 3.63) is 80.9 Å². The largest absolute Gasteiger partial charge is 0.507 e. The summed E-state index contributed by atoms with van der Waals surface area (Å²) in [5.41, 5.74) is 1.11. The van der Waals surface area contributed by atoms with Crippen LogP contribution < -0.4 is 0 Å². The Morgan fingerprint density at radius 3 is 2.42 bits per heavy atom. The number of carboxylic acid groups (broad SMARTS) is 1. The van der Waals surface area contributed by atoms with E-state index in [0.717, 1.165) is 10.5 Å². The number of carbonyl (C=O) groups excluding carboxylic acids is 2. The van der Waals surface area contributed by atoms with E-state index in [1.165, 1.54) is 24.3 Å². The lowest BCUT2D eigenvalue weighted by Crippen LogP contribution is -2.31. The molecule has 9 heteroatoms. The van der Waals surface area contributed by atoms with Crippen LogP contribution in [0.5, 0.6) is 0 Å². The predicted molar refractivity (Wildman–Crippen MR) is 110 cm³/mol. The van der Waals surface area contributed by atoms with Crippen LogP contribution in [0.3, 0.4) is 0 Å². The number of carboxylic acids is 1. The number of carbonyl (C=O) groups is 3. The maximum Gasteiger partial charge on any atom is 0.303 e. The van der Waals surface area contributed by atoms with Crippen LogP contribution >= 0.6 is 0 Å². The van der Waals surface area contributed by atoms with Gasteiger partial charge in [-0.3, -0.25) is 24.5 Å². The standard InChI is InChI=1S/C22H20N2O7/c1-13-7-9-14(10-8-13)20(27)18-19(15-4-2-5-16(12-15)24(30)31)23(22(29)21(18)28)11-3-6-17(25)26/h2,4-5,7-10,12,19,27H,3,6,11H2,1H3,(H,25,26). The van der Waals surface area contributed by atoms with Crippen molar-refractivity contribution >= 4 is 29.1 Å². The van der Waals surface area contributed by atoms with E-state index in [1.54, 1.807) is 24.3 Å². The number of hydrogen-bond donors (Lipinski definition) is 2. The number of rotatable bonds is 7. The van der Waals surface area contributed by atoms with Gasteiger partial charge in [0.1, 0.15) is 5.76 Å². The maximum atomic E-state index is 12.8. The summed E-state index contributed by atoms with van der Waals surface area (Å²) in [5.74, 6) is -3.26. The average Bonchev–Trinajstić information content (AvgIpc) is 2.98. The number of aliphatic hydroxyl groups excluding tert-OH is 1. The Morgan fingerprint density at radius 1 is 1.13 bits per heavy atom. The minimum Gasteiger partial charge on any atom is -0.507 e. The summed E-state index contributed by atoms with van der Waals surface area (Å²) >= 11 is 0. The number of aryl methyl sites for hydroxylation is 1. The summed E-state index contributed by atoms with van der Waals surface area (Å²) in [7, 11) is 0. The van der Waals surface area contributed by atoms with E-state index in [9.17, 15) is 29.6 Å². The first-order valence-corrected chi connectivity index (χ1v) is 9.52. The van der Waals surface area contributed by atoms with Crippen molar-refractivity contribution < 1.29 is 29.5 Å². The summed E-state index contributed by atoms with van der Waals surface area (Å²) in [6.07, 6.45) is -0.138. The summed E-state index contributed by atoms with van der Waals surface area (Å²) in [6, 6.07) is 11.1. The minimum absolute atomic E-state index is 0.0606. The van der Waals surface area contributed by atoms with Crippen molar-refractivity contribution in [1.29, 1.82) is 0 Å². The van der Waals surface area contributed by atoms with E-state index in [-0.39, 0.29) is 36.2 Å². The summed E-state index contributed by atoms with van der Waals surface area (Å²) in [6.45, 7) is 1.79. The molecule has 2 N–H and O–H groups in total. The fourth-order valence-corrected chi connectivity index (χ4v) is 3.53. The number of benzene rings is 2. The van der Waals surface area contributed by atoms with Gasteiger partial charge >= 0.3 is 5.97 Å². The molecule has 160 valence electrons. The van der Waals surface area contributed by atoms with Crippen LogP contribution in [0.15, 0.2) is 54.1 Å². The quantitative estimate of drug-likeness (QED) is 0.229. The van der Waals surface area contributed by atoms with Gasteiger partial charge in [-0.1, -0.05) is 42.0 Å². The zero-order valence-corrected chi connectivity index (χ0v) is 16.6. The Kier molecular flexibility index (Phi) is 6.15. The number of ketones is 1. The number of nitro benzene ring substituents is 1. The van der Waals surface area contributed by atoms with E-state index in [1.807, 2.05) is 6.92 Å². The highest BCUT2D eigenvalue weighted by molar-refractivity contribution is 6.46. The van der Waals surface area contributed by atoms with Crippen molar-refractivity contribution in [2.45, 2.75) is 25.8 Å². The second-order valence-corrected chi connectivity index (χ2v) is 7.21. The topological polar surface area (TPSA) is 138 Å². The molecular weight excluding hydrogens is 404 g/mol. The van der Waals surface area contributed by atoms with Crippen LogP contribution in [0.25, 0.3) is 5.76 Å². The molecule has 1 aliphatic heterocycles. The number of likely N-dealkylation sites (tertiary alicyclic amines) is 1. The van der Waals surface area contributed by atoms with Gasteiger partial charge in [0, 0.05) is 30.7 Å². The lowest BCUT2D eigenvalue weighted by Gasteiger charge is -2.25. The summed E-state index contributed by atoms with van der Waals surface area (Å²) in [5, 5.41) is 31.0. The molecule has 1 saturated heterocycles. The molecule has 31 heavy (non-hydrogen) atoms. The molecule has 1 amide bonds. The number of nitrogens with zero attached hydrogens (tertiary/aromatic N) is 2. The van der Waals surface area contributed by atoms with Gasteiger partial charge in [0.2, 0.25) is 0 Å². The molecule has 2 aromatic rings. The van der Waals surface area contributed by atoms with Crippen molar-refractivity contribution in [3.63, 3.8) is 0 Å². The fourth-order valence-electron chi connectivity index (χ4n) is 3.53. The number of hydrogen-bond acceptors (Lipinski definition) is 6. The molecule has 1 unspecified atom stereocenters. The monoisotopic (exact) mass is 424 g/mol. The minimum atomic E-state index is -1.07. The highest BCUT2D eigenvalue weighted by Crippen LogP contribution is 2.40. The van der Waals surface area contributed by atoms with E-state index < -0.39 is 34.4 Å². The van der Waals surface area contributed by atoms with Crippen LogP contribution in [0.4, 0.5) is 5.69 Å². The van der Waals surface area contributed by atoms with Gasteiger partial charge in [0.05, 0.1) is 16.5 Å². The van der Waals surface area contributed by atoms with Crippen molar-refractivity contribution in [3.8, 4) is 0 Å². The molecule has 0 radical (unpaired) electrons. The first-order valence-electron chi connectivity index (χ1n) is 9.52. The van der Waals surface area contributed by atoms with E-state index in [4.69, 9.17) is 5.11 Å². The Morgan fingerprint density at radius 2 is 1.81 bits per heavy atom. The van der Waals surface area contributed by atoms with Gasteiger partial charge in [-0.05, 0) is 18.9 Å². The number of aliphatic carboxylic acids is 1. The Balaban J connectivity index is 2.14. The highest BCUT2D eigenvalue weighted by Gasteiger charge is 2.46. The van der Waals surface area contributed by atoms with Gasteiger partial charge in [-0.25, -0.2) is 0 Å². The Labute approximate surface area is 177 Å². The molecular formula is C22H20N2O7. The lowest BCUT2D eigenvalue weighted by molar-refractivity contribution is -0.384. The molecule has 0 aliphatic carbocycles. The SMILES string of the molecule is Cc1ccc(C(O)=C2C(=O)C(=O)N(CCCC(=O)O)C2c2cccc([N+](=O)[O-])c2)cc1. The highest BCUT2D eigenvalue weighted by atomic mass is 16.6. The molecule has 3 rings (SSSR count). The van der Waals surface area contributed by atoms with Gasteiger partial charge in [0.15, 0.2) is 0 Å². The van der Waals surface area contributed by atoms with Crippen LogP contribution in [0.1, 0.15) is 35.6 Å². The number of non-ortho nitro benzene ring substituents is 1. The van der Waals surface area contributed by atoms with Crippen LogP contribution in [0.2, 0.25) is 0 Å². The Bertz CT molecular complexity index is 1090. The van der Waals surface area contributed by atoms with Gasteiger partial charge in [-0.2, -0.15) is 0 Å². The van der Waals surface area contributed by atoms with E-state index in [2.05, 4.69) is 0 Å². The zero-order chi connectivity index (χ0) is 22.7. The zero-order valence-electron chi connectivity index (χ0n) is 16.6. The Hall–Kier alpha value is -4.01. The first-order chi connectivity index (χ1) is 14.7. The molecule has 0 saturated carbocycles. The molecule has 1 aliphatic rings. The molecule has 9 nitrogen and oxygen atoms in total. The molecule has 1 fully saturated rings. The molecule has 0 spiro atoms. The summed E-state index contributed by atoms with van der Waals surface area (Å²) < 4.78 is 0. The fraction of sp³-hybridized carbons (Fsp3) is 0.227. The number of Topliss-reactive ketones (excluding diaryl/α,β-unsaturated/α-hetero) is 1. The second-order valence-electron chi connectivity index (χ2n) is 7.21. The lowest BCUT2D eigenvalue weighted by atomic mass is 9.94. The normalized spacial score (nSPS) is 17.7. The number of amides is 1.